The first-order valence-corrected chi connectivity index (χ1v) is 7.74. The number of amides is 1. The largest absolute Gasteiger partial charge is 0.586 e. The zero-order valence-corrected chi connectivity index (χ0v) is 13.4. The molecule has 0 fully saturated rings. The van der Waals surface area contributed by atoms with Crippen molar-refractivity contribution < 1.29 is 23.0 Å². The van der Waals surface area contributed by atoms with Gasteiger partial charge in [0.15, 0.2) is 11.5 Å². The van der Waals surface area contributed by atoms with E-state index in [-0.39, 0.29) is 17.4 Å². The summed E-state index contributed by atoms with van der Waals surface area (Å²) < 4.78 is 36.7. The molecule has 2 aromatic carbocycles. The van der Waals surface area contributed by atoms with Crippen LogP contribution in [-0.2, 0) is 6.54 Å². The minimum atomic E-state index is -3.68. The Labute approximate surface area is 147 Å². The van der Waals surface area contributed by atoms with Gasteiger partial charge in [-0.3, -0.25) is 4.79 Å². The van der Waals surface area contributed by atoms with Crippen LogP contribution in [-0.4, -0.2) is 21.8 Å². The molecule has 0 atom stereocenters. The lowest BCUT2D eigenvalue weighted by Crippen LogP contribution is -2.25. The molecule has 2 heterocycles. The van der Waals surface area contributed by atoms with Crippen LogP contribution in [0.2, 0.25) is 0 Å². The van der Waals surface area contributed by atoms with E-state index < -0.39 is 6.29 Å². The van der Waals surface area contributed by atoms with Crippen LogP contribution in [0.1, 0.15) is 15.9 Å². The Balaban J connectivity index is 1.44. The van der Waals surface area contributed by atoms with Crippen molar-refractivity contribution >= 4 is 11.6 Å². The summed E-state index contributed by atoms with van der Waals surface area (Å²) in [4.78, 5) is 16.3. The number of nitrogens with one attached hydrogen (secondary N) is 1. The number of imidazole rings is 1. The third kappa shape index (κ3) is 3.34. The Kier molecular flexibility index (Phi) is 3.80. The summed E-state index contributed by atoms with van der Waals surface area (Å²) in [7, 11) is 0. The Morgan fingerprint density at radius 2 is 1.88 bits per heavy atom. The molecule has 0 bridgehead atoms. The van der Waals surface area contributed by atoms with Crippen molar-refractivity contribution in [3.05, 3.63) is 72.3 Å². The van der Waals surface area contributed by atoms with Crippen molar-refractivity contribution in [2.24, 2.45) is 0 Å². The lowest BCUT2D eigenvalue weighted by atomic mass is 10.1. The van der Waals surface area contributed by atoms with Gasteiger partial charge in [0.25, 0.3) is 5.91 Å². The molecule has 1 aliphatic rings. The molecule has 0 saturated carbocycles. The van der Waals surface area contributed by atoms with Gasteiger partial charge in [-0.2, -0.15) is 0 Å². The first-order chi connectivity index (χ1) is 12.5. The quantitative estimate of drug-likeness (QED) is 0.776. The van der Waals surface area contributed by atoms with Gasteiger partial charge < -0.3 is 19.4 Å². The smallest absolute Gasteiger partial charge is 0.395 e. The van der Waals surface area contributed by atoms with E-state index in [4.69, 9.17) is 0 Å². The summed E-state index contributed by atoms with van der Waals surface area (Å²) in [6.45, 7) is 0.651. The van der Waals surface area contributed by atoms with Crippen LogP contribution in [0.15, 0.2) is 61.2 Å². The number of aromatic nitrogens is 2. The van der Waals surface area contributed by atoms with Crippen molar-refractivity contribution in [3.8, 4) is 11.5 Å². The molecule has 0 unspecified atom stereocenters. The molecule has 6 nitrogen and oxygen atoms in total. The van der Waals surface area contributed by atoms with E-state index in [2.05, 4.69) is 19.8 Å². The Morgan fingerprint density at radius 3 is 2.62 bits per heavy atom. The molecule has 0 spiro atoms. The van der Waals surface area contributed by atoms with Crippen LogP contribution < -0.4 is 14.8 Å². The van der Waals surface area contributed by atoms with Crippen molar-refractivity contribution in [1.29, 1.82) is 0 Å². The third-order valence-corrected chi connectivity index (χ3v) is 3.80. The van der Waals surface area contributed by atoms with E-state index in [0.29, 0.717) is 17.8 Å². The van der Waals surface area contributed by atoms with Gasteiger partial charge in [0.05, 0.1) is 6.33 Å². The van der Waals surface area contributed by atoms with E-state index in [1.165, 1.54) is 18.2 Å². The van der Waals surface area contributed by atoms with Gasteiger partial charge in [0, 0.05) is 36.3 Å². The molecular formula is C18H13F2N3O3. The molecule has 1 aliphatic heterocycles. The Bertz CT molecular complexity index is 941. The summed E-state index contributed by atoms with van der Waals surface area (Å²) >= 11 is 0. The fourth-order valence-corrected chi connectivity index (χ4v) is 2.58. The van der Waals surface area contributed by atoms with Gasteiger partial charge in [-0.25, -0.2) is 4.98 Å². The van der Waals surface area contributed by atoms with Crippen molar-refractivity contribution in [2.75, 3.05) is 5.32 Å². The zero-order valence-electron chi connectivity index (χ0n) is 13.4. The van der Waals surface area contributed by atoms with Gasteiger partial charge in [-0.15, -0.1) is 8.78 Å². The SMILES string of the molecule is O=C(Nc1ccc2c(c1)OC(F)(F)O2)c1ccc(Cn2ccnc2)cc1. The predicted molar refractivity (Wildman–Crippen MR) is 88.4 cm³/mol. The van der Waals surface area contributed by atoms with Crippen molar-refractivity contribution in [1.82, 2.24) is 9.55 Å². The first kappa shape index (κ1) is 16.1. The number of alkyl halides is 2. The summed E-state index contributed by atoms with van der Waals surface area (Å²) in [5.41, 5.74) is 1.80. The minimum Gasteiger partial charge on any atom is -0.395 e. The summed E-state index contributed by atoms with van der Waals surface area (Å²) in [6.07, 6.45) is 1.58. The maximum Gasteiger partial charge on any atom is 0.586 e. The van der Waals surface area contributed by atoms with E-state index in [1.54, 1.807) is 24.7 Å². The highest BCUT2D eigenvalue weighted by Gasteiger charge is 2.43. The highest BCUT2D eigenvalue weighted by atomic mass is 19.3. The number of carbonyl (C=O) groups excluding carboxylic acids is 1. The number of halogens is 2. The number of hydrogen-bond acceptors (Lipinski definition) is 4. The van der Waals surface area contributed by atoms with Gasteiger partial charge in [-0.05, 0) is 29.8 Å². The average Bonchev–Trinajstić information content (AvgIpc) is 3.21. The number of benzene rings is 2. The van der Waals surface area contributed by atoms with Gasteiger partial charge in [0.1, 0.15) is 0 Å². The number of fused-ring (bicyclic) bond motifs is 1. The van der Waals surface area contributed by atoms with E-state index in [0.717, 1.165) is 5.56 Å². The zero-order chi connectivity index (χ0) is 18.1. The standard InChI is InChI=1S/C18H13F2N3O3/c19-18(20)25-15-6-5-14(9-16(15)26-18)22-17(24)13-3-1-12(2-4-13)10-23-8-7-21-11-23/h1-9,11H,10H2,(H,22,24). The fourth-order valence-electron chi connectivity index (χ4n) is 2.58. The third-order valence-electron chi connectivity index (χ3n) is 3.80. The van der Waals surface area contributed by atoms with E-state index >= 15 is 0 Å². The molecule has 8 heteroatoms. The normalized spacial score (nSPS) is 14.2. The van der Waals surface area contributed by atoms with Crippen LogP contribution in [0.3, 0.4) is 0 Å². The maximum absolute atomic E-state index is 13.0. The molecule has 4 rings (SSSR count). The molecule has 26 heavy (non-hydrogen) atoms. The number of anilines is 1. The molecule has 3 aromatic rings. The van der Waals surface area contributed by atoms with Crippen LogP contribution >= 0.6 is 0 Å². The molecule has 0 radical (unpaired) electrons. The monoisotopic (exact) mass is 357 g/mol. The van der Waals surface area contributed by atoms with E-state index in [1.807, 2.05) is 22.9 Å². The highest BCUT2D eigenvalue weighted by Crippen LogP contribution is 2.42. The number of rotatable bonds is 4. The van der Waals surface area contributed by atoms with Crippen molar-refractivity contribution in [2.45, 2.75) is 12.8 Å². The predicted octanol–water partition coefficient (Wildman–Crippen LogP) is 3.51. The molecule has 0 saturated heterocycles. The second-order valence-electron chi connectivity index (χ2n) is 5.72. The van der Waals surface area contributed by atoms with Crippen molar-refractivity contribution in [3.63, 3.8) is 0 Å². The second kappa shape index (κ2) is 6.14. The number of nitrogens with zero attached hydrogens (tertiary/aromatic N) is 2. The maximum atomic E-state index is 13.0. The van der Waals surface area contributed by atoms with Gasteiger partial charge in [0.2, 0.25) is 0 Å². The average molecular weight is 357 g/mol. The Morgan fingerprint density at radius 1 is 1.12 bits per heavy atom. The highest BCUT2D eigenvalue weighted by molar-refractivity contribution is 6.04. The molecule has 1 amide bonds. The van der Waals surface area contributed by atoms with Crippen LogP contribution in [0.5, 0.6) is 11.5 Å². The minimum absolute atomic E-state index is 0.0724. The van der Waals surface area contributed by atoms with Gasteiger partial charge in [-0.1, -0.05) is 12.1 Å². The summed E-state index contributed by atoms with van der Waals surface area (Å²) in [6, 6.07) is 11.2. The molecule has 1 aromatic heterocycles. The first-order valence-electron chi connectivity index (χ1n) is 7.74. The van der Waals surface area contributed by atoms with Gasteiger partial charge >= 0.3 is 6.29 Å². The van der Waals surface area contributed by atoms with Crippen LogP contribution in [0, 0.1) is 0 Å². The number of hydrogen-bond donors (Lipinski definition) is 1. The summed E-state index contributed by atoms with van der Waals surface area (Å²) in [5, 5.41) is 2.65. The van der Waals surface area contributed by atoms with E-state index in [9.17, 15) is 13.6 Å². The molecular weight excluding hydrogens is 344 g/mol. The summed E-state index contributed by atoms with van der Waals surface area (Å²) in [5.74, 6) is -0.551. The lowest BCUT2D eigenvalue weighted by Gasteiger charge is -2.07. The number of ether oxygens (including phenoxy) is 2. The van der Waals surface area contributed by atoms with Crippen LogP contribution in [0.25, 0.3) is 0 Å². The molecule has 132 valence electrons. The second-order valence-corrected chi connectivity index (χ2v) is 5.72. The lowest BCUT2D eigenvalue weighted by molar-refractivity contribution is -0.286. The topological polar surface area (TPSA) is 65.4 Å². The fraction of sp³-hybridized carbons (Fsp3) is 0.111. The molecule has 1 N–H and O–H groups in total. The molecule has 0 aliphatic carbocycles. The van der Waals surface area contributed by atoms with Crippen LogP contribution in [0.4, 0.5) is 14.5 Å². The number of carbonyl (C=O) groups is 1. The Hall–Kier alpha value is -3.42.